The van der Waals surface area contributed by atoms with Crippen molar-refractivity contribution in [2.24, 2.45) is 0 Å². The number of benzene rings is 1. The Labute approximate surface area is 139 Å². The third kappa shape index (κ3) is 3.52. The molecule has 2 fully saturated rings. The number of anilines is 1. The Balaban J connectivity index is 1.83. The van der Waals surface area contributed by atoms with Crippen LogP contribution in [0.3, 0.4) is 0 Å². The summed E-state index contributed by atoms with van der Waals surface area (Å²) < 4.78 is 4.66. The van der Waals surface area contributed by atoms with E-state index in [0.29, 0.717) is 0 Å². The summed E-state index contributed by atoms with van der Waals surface area (Å²) in [6.07, 6.45) is 10.1. The molecule has 126 valence electrons. The van der Waals surface area contributed by atoms with Crippen LogP contribution >= 0.6 is 0 Å². The highest BCUT2D eigenvalue weighted by atomic mass is 16.5. The van der Waals surface area contributed by atoms with Crippen molar-refractivity contribution in [3.8, 4) is 0 Å². The molecule has 1 saturated heterocycles. The molecule has 1 aromatic rings. The second-order valence-electron chi connectivity index (χ2n) is 6.83. The van der Waals surface area contributed by atoms with Gasteiger partial charge in [-0.05, 0) is 56.5 Å². The molecule has 0 unspecified atom stereocenters. The molecule has 0 spiro atoms. The van der Waals surface area contributed by atoms with E-state index in [-0.39, 0.29) is 5.54 Å². The van der Waals surface area contributed by atoms with Crippen LogP contribution in [0.4, 0.5) is 10.5 Å². The SMILES string of the molecule is COC(=O)Nc1ccc(C2(N3CCCCC3)CCCCC2)cc1. The lowest BCUT2D eigenvalue weighted by Gasteiger charge is -2.48. The van der Waals surface area contributed by atoms with Gasteiger partial charge in [-0.2, -0.15) is 0 Å². The van der Waals surface area contributed by atoms with E-state index < -0.39 is 6.09 Å². The fraction of sp³-hybridized carbons (Fsp3) is 0.632. The van der Waals surface area contributed by atoms with Crippen molar-refractivity contribution >= 4 is 11.8 Å². The quantitative estimate of drug-likeness (QED) is 0.892. The smallest absolute Gasteiger partial charge is 0.411 e. The molecule has 0 atom stereocenters. The molecular weight excluding hydrogens is 288 g/mol. The van der Waals surface area contributed by atoms with Crippen molar-refractivity contribution in [3.05, 3.63) is 29.8 Å². The van der Waals surface area contributed by atoms with Crippen molar-refractivity contribution in [3.63, 3.8) is 0 Å². The normalized spacial score (nSPS) is 21.6. The molecule has 4 heteroatoms. The summed E-state index contributed by atoms with van der Waals surface area (Å²) in [5, 5.41) is 2.74. The first-order valence-electron chi connectivity index (χ1n) is 8.95. The topological polar surface area (TPSA) is 41.6 Å². The van der Waals surface area contributed by atoms with Crippen molar-refractivity contribution in [1.29, 1.82) is 0 Å². The van der Waals surface area contributed by atoms with E-state index in [4.69, 9.17) is 0 Å². The Bertz CT molecular complexity index is 515. The molecule has 4 nitrogen and oxygen atoms in total. The zero-order chi connectivity index (χ0) is 16.1. The van der Waals surface area contributed by atoms with Crippen LogP contribution in [0.15, 0.2) is 24.3 Å². The number of rotatable bonds is 3. The molecule has 1 amide bonds. The standard InChI is InChI=1S/C19H28N2O2/c1-23-18(22)20-17-10-8-16(9-11-17)19(12-4-2-5-13-19)21-14-6-3-7-15-21/h8-11H,2-7,12-15H2,1H3,(H,20,22). The van der Waals surface area contributed by atoms with Gasteiger partial charge >= 0.3 is 6.09 Å². The largest absolute Gasteiger partial charge is 0.453 e. The van der Waals surface area contributed by atoms with Gasteiger partial charge in [0.05, 0.1) is 7.11 Å². The first-order chi connectivity index (χ1) is 11.2. The van der Waals surface area contributed by atoms with Crippen LogP contribution in [0, 0.1) is 0 Å². The molecule has 1 aromatic carbocycles. The maximum Gasteiger partial charge on any atom is 0.411 e. The fourth-order valence-corrected chi connectivity index (χ4v) is 4.28. The molecule has 1 N–H and O–H groups in total. The number of nitrogens with one attached hydrogen (secondary N) is 1. The van der Waals surface area contributed by atoms with Crippen LogP contribution in [0.1, 0.15) is 56.9 Å². The highest BCUT2D eigenvalue weighted by Gasteiger charge is 2.39. The summed E-state index contributed by atoms with van der Waals surface area (Å²) in [4.78, 5) is 14.1. The molecule has 1 heterocycles. The minimum absolute atomic E-state index is 0.211. The Morgan fingerprint density at radius 3 is 2.22 bits per heavy atom. The van der Waals surface area contributed by atoms with Gasteiger partial charge in [-0.15, -0.1) is 0 Å². The van der Waals surface area contributed by atoms with Gasteiger partial charge in [0, 0.05) is 11.2 Å². The van der Waals surface area contributed by atoms with Gasteiger partial charge in [0.1, 0.15) is 0 Å². The van der Waals surface area contributed by atoms with E-state index in [1.54, 1.807) is 0 Å². The van der Waals surface area contributed by atoms with Crippen molar-refractivity contribution in [2.75, 3.05) is 25.5 Å². The number of amides is 1. The Hall–Kier alpha value is -1.55. The Morgan fingerprint density at radius 1 is 1.00 bits per heavy atom. The molecule has 1 saturated carbocycles. The number of carbonyl (C=O) groups is 1. The first-order valence-corrected chi connectivity index (χ1v) is 8.95. The van der Waals surface area contributed by atoms with Crippen molar-refractivity contribution in [1.82, 2.24) is 4.90 Å². The van der Waals surface area contributed by atoms with E-state index >= 15 is 0 Å². The lowest BCUT2D eigenvalue weighted by molar-refractivity contribution is 0.0303. The fourth-order valence-electron chi connectivity index (χ4n) is 4.28. The monoisotopic (exact) mass is 316 g/mol. The van der Waals surface area contributed by atoms with Crippen LogP contribution < -0.4 is 5.32 Å². The number of likely N-dealkylation sites (tertiary alicyclic amines) is 1. The molecule has 2 aliphatic rings. The van der Waals surface area contributed by atoms with Crippen LogP contribution in [0.25, 0.3) is 0 Å². The predicted molar refractivity (Wildman–Crippen MR) is 92.7 cm³/mol. The van der Waals surface area contributed by atoms with E-state index in [1.165, 1.54) is 77.1 Å². The molecule has 1 aliphatic heterocycles. The van der Waals surface area contributed by atoms with E-state index in [2.05, 4.69) is 27.1 Å². The van der Waals surface area contributed by atoms with Crippen LogP contribution in [0.5, 0.6) is 0 Å². The Morgan fingerprint density at radius 2 is 1.61 bits per heavy atom. The van der Waals surface area contributed by atoms with Crippen LogP contribution in [-0.4, -0.2) is 31.2 Å². The maximum absolute atomic E-state index is 11.3. The van der Waals surface area contributed by atoms with Gasteiger partial charge in [0.15, 0.2) is 0 Å². The number of piperidine rings is 1. The van der Waals surface area contributed by atoms with Gasteiger partial charge in [-0.25, -0.2) is 4.79 Å². The summed E-state index contributed by atoms with van der Waals surface area (Å²) in [5.74, 6) is 0. The number of methoxy groups -OCH3 is 1. The van der Waals surface area contributed by atoms with Crippen LogP contribution in [-0.2, 0) is 10.3 Å². The first kappa shape index (κ1) is 16.3. The van der Waals surface area contributed by atoms with E-state index in [1.807, 2.05) is 12.1 Å². The molecule has 23 heavy (non-hydrogen) atoms. The zero-order valence-corrected chi connectivity index (χ0v) is 14.1. The van der Waals surface area contributed by atoms with Gasteiger partial charge in [0.2, 0.25) is 0 Å². The number of hydrogen-bond donors (Lipinski definition) is 1. The highest BCUT2D eigenvalue weighted by Crippen LogP contribution is 2.43. The molecular formula is C19H28N2O2. The average molecular weight is 316 g/mol. The van der Waals surface area contributed by atoms with Crippen molar-refractivity contribution in [2.45, 2.75) is 56.9 Å². The zero-order valence-electron chi connectivity index (χ0n) is 14.1. The van der Waals surface area contributed by atoms with Gasteiger partial charge in [-0.1, -0.05) is 37.8 Å². The molecule has 1 aliphatic carbocycles. The minimum Gasteiger partial charge on any atom is -0.453 e. The predicted octanol–water partition coefficient (Wildman–Crippen LogP) is 4.51. The van der Waals surface area contributed by atoms with Gasteiger partial charge in [0.25, 0.3) is 0 Å². The molecule has 0 radical (unpaired) electrons. The lowest BCUT2D eigenvalue weighted by Crippen LogP contribution is -2.49. The van der Waals surface area contributed by atoms with E-state index in [0.717, 1.165) is 5.69 Å². The lowest BCUT2D eigenvalue weighted by atomic mass is 9.74. The number of carbonyl (C=O) groups excluding carboxylic acids is 1. The summed E-state index contributed by atoms with van der Waals surface area (Å²) >= 11 is 0. The third-order valence-electron chi connectivity index (χ3n) is 5.50. The average Bonchev–Trinajstić information content (AvgIpc) is 2.63. The van der Waals surface area contributed by atoms with Crippen LogP contribution in [0.2, 0.25) is 0 Å². The van der Waals surface area contributed by atoms with E-state index in [9.17, 15) is 4.79 Å². The Kier molecular flexibility index (Phi) is 5.21. The van der Waals surface area contributed by atoms with Gasteiger partial charge < -0.3 is 4.74 Å². The summed E-state index contributed by atoms with van der Waals surface area (Å²) in [7, 11) is 1.39. The number of ether oxygens (including phenoxy) is 1. The van der Waals surface area contributed by atoms with Crippen molar-refractivity contribution < 1.29 is 9.53 Å². The summed E-state index contributed by atoms with van der Waals surface area (Å²) in [6.45, 7) is 2.45. The number of nitrogens with zero attached hydrogens (tertiary/aromatic N) is 1. The minimum atomic E-state index is -0.416. The maximum atomic E-state index is 11.3. The second-order valence-corrected chi connectivity index (χ2v) is 6.83. The third-order valence-corrected chi connectivity index (χ3v) is 5.50. The summed E-state index contributed by atoms with van der Waals surface area (Å²) in [6, 6.07) is 8.41. The summed E-state index contributed by atoms with van der Waals surface area (Å²) in [5.41, 5.74) is 2.42. The highest BCUT2D eigenvalue weighted by molar-refractivity contribution is 5.84. The molecule has 3 rings (SSSR count). The number of hydrogen-bond acceptors (Lipinski definition) is 3. The molecule has 0 aromatic heterocycles. The molecule has 0 bridgehead atoms. The second kappa shape index (κ2) is 7.35. The van der Waals surface area contributed by atoms with Gasteiger partial charge in [-0.3, -0.25) is 10.2 Å².